The molecule has 6 heteroatoms. The predicted octanol–water partition coefficient (Wildman–Crippen LogP) is 3.73. The minimum atomic E-state index is -1.18. The molecule has 0 radical (unpaired) electrons. The standard InChI is InChI=1S/C21H18FN3O2/c1-2-21(16-8-10-17(22)11-9-16)19(26)25(20(27)24-21)13-15-6-3-5-14-7-4-12-23-18(14)15/h3-12H,2,13H2,1H3,(H,24,27)/t21-/m0/s1. The maximum atomic E-state index is 13.3. The van der Waals surface area contributed by atoms with Crippen molar-refractivity contribution < 1.29 is 14.0 Å². The van der Waals surface area contributed by atoms with Gasteiger partial charge in [-0.2, -0.15) is 0 Å². The van der Waals surface area contributed by atoms with Gasteiger partial charge in [0.15, 0.2) is 0 Å². The minimum Gasteiger partial charge on any atom is -0.319 e. The molecule has 1 aromatic heterocycles. The Morgan fingerprint density at radius 1 is 1.07 bits per heavy atom. The first-order valence-corrected chi connectivity index (χ1v) is 8.78. The number of urea groups is 1. The van der Waals surface area contributed by atoms with Crippen LogP contribution in [0.1, 0.15) is 24.5 Å². The van der Waals surface area contributed by atoms with Gasteiger partial charge < -0.3 is 5.32 Å². The van der Waals surface area contributed by atoms with Gasteiger partial charge in [-0.25, -0.2) is 9.18 Å². The van der Waals surface area contributed by atoms with Gasteiger partial charge in [-0.05, 0) is 35.7 Å². The topological polar surface area (TPSA) is 62.3 Å². The molecule has 1 saturated heterocycles. The van der Waals surface area contributed by atoms with Crippen molar-refractivity contribution in [3.05, 3.63) is 77.7 Å². The van der Waals surface area contributed by atoms with Gasteiger partial charge >= 0.3 is 6.03 Å². The summed E-state index contributed by atoms with van der Waals surface area (Å²) in [6.45, 7) is 1.95. The first kappa shape index (κ1) is 17.1. The van der Waals surface area contributed by atoms with Gasteiger partial charge in [-0.15, -0.1) is 0 Å². The molecule has 0 bridgehead atoms. The van der Waals surface area contributed by atoms with E-state index in [4.69, 9.17) is 0 Å². The number of imide groups is 1. The second-order valence-electron chi connectivity index (χ2n) is 6.58. The van der Waals surface area contributed by atoms with Gasteiger partial charge in [0.05, 0.1) is 12.1 Å². The van der Waals surface area contributed by atoms with E-state index >= 15 is 0 Å². The van der Waals surface area contributed by atoms with Crippen molar-refractivity contribution >= 4 is 22.8 Å². The van der Waals surface area contributed by atoms with Crippen molar-refractivity contribution in [2.75, 3.05) is 0 Å². The number of fused-ring (bicyclic) bond motifs is 1. The highest BCUT2D eigenvalue weighted by atomic mass is 19.1. The number of para-hydroxylation sites is 1. The second-order valence-corrected chi connectivity index (χ2v) is 6.58. The van der Waals surface area contributed by atoms with Crippen molar-refractivity contribution in [3.8, 4) is 0 Å². The summed E-state index contributed by atoms with van der Waals surface area (Å²) in [5.41, 5.74) is 0.949. The molecule has 2 heterocycles. The van der Waals surface area contributed by atoms with Gasteiger partial charge in [0.25, 0.3) is 5.91 Å². The Hall–Kier alpha value is -3.28. The van der Waals surface area contributed by atoms with Crippen molar-refractivity contribution in [3.63, 3.8) is 0 Å². The lowest BCUT2D eigenvalue weighted by Gasteiger charge is -2.25. The van der Waals surface area contributed by atoms with E-state index in [1.165, 1.54) is 17.0 Å². The van der Waals surface area contributed by atoms with Crippen LogP contribution in [0.5, 0.6) is 0 Å². The van der Waals surface area contributed by atoms with E-state index in [1.54, 1.807) is 18.3 Å². The van der Waals surface area contributed by atoms with E-state index in [1.807, 2.05) is 37.3 Å². The Morgan fingerprint density at radius 2 is 1.81 bits per heavy atom. The Bertz CT molecular complexity index is 1030. The summed E-state index contributed by atoms with van der Waals surface area (Å²) in [6.07, 6.45) is 2.06. The first-order chi connectivity index (χ1) is 13.0. The van der Waals surface area contributed by atoms with Crippen LogP contribution >= 0.6 is 0 Å². The lowest BCUT2D eigenvalue weighted by atomic mass is 9.87. The highest BCUT2D eigenvalue weighted by Gasteiger charge is 2.51. The number of hydrogen-bond acceptors (Lipinski definition) is 3. The third-order valence-electron chi connectivity index (χ3n) is 5.09. The molecule has 1 aliphatic heterocycles. The van der Waals surface area contributed by atoms with E-state index in [9.17, 15) is 14.0 Å². The smallest absolute Gasteiger partial charge is 0.319 e. The molecule has 1 N–H and O–H groups in total. The van der Waals surface area contributed by atoms with Gasteiger partial charge in [0, 0.05) is 11.6 Å². The van der Waals surface area contributed by atoms with Crippen LogP contribution in [-0.2, 0) is 16.9 Å². The molecule has 0 unspecified atom stereocenters. The first-order valence-electron chi connectivity index (χ1n) is 8.78. The molecule has 27 heavy (non-hydrogen) atoms. The van der Waals surface area contributed by atoms with E-state index < -0.39 is 11.6 Å². The summed E-state index contributed by atoms with van der Waals surface area (Å²) in [7, 11) is 0. The van der Waals surface area contributed by atoms with Crippen LogP contribution in [0.25, 0.3) is 10.9 Å². The second kappa shape index (κ2) is 6.46. The summed E-state index contributed by atoms with van der Waals surface area (Å²) in [4.78, 5) is 31.5. The fraction of sp³-hybridized carbons (Fsp3) is 0.190. The molecule has 3 aromatic rings. The third kappa shape index (κ3) is 2.73. The maximum absolute atomic E-state index is 13.3. The quantitative estimate of drug-likeness (QED) is 0.719. The number of hydrogen-bond donors (Lipinski definition) is 1. The zero-order valence-electron chi connectivity index (χ0n) is 14.8. The van der Waals surface area contributed by atoms with Gasteiger partial charge in [-0.3, -0.25) is 14.7 Å². The normalized spacial score (nSPS) is 19.6. The molecule has 0 spiro atoms. The van der Waals surface area contributed by atoms with Crippen molar-refractivity contribution in [1.29, 1.82) is 0 Å². The number of rotatable bonds is 4. The molecular formula is C21H18FN3O2. The number of benzene rings is 2. The molecule has 2 aromatic carbocycles. The van der Waals surface area contributed by atoms with Crippen molar-refractivity contribution in [1.82, 2.24) is 15.2 Å². The number of amides is 3. The highest BCUT2D eigenvalue weighted by Crippen LogP contribution is 2.33. The Balaban J connectivity index is 1.71. The number of carbonyl (C=O) groups is 2. The molecule has 136 valence electrons. The Labute approximate surface area is 155 Å². The van der Waals surface area contributed by atoms with E-state index in [-0.39, 0.29) is 18.3 Å². The van der Waals surface area contributed by atoms with Gasteiger partial charge in [0.2, 0.25) is 0 Å². The molecule has 4 rings (SSSR count). The zero-order chi connectivity index (χ0) is 19.0. The highest BCUT2D eigenvalue weighted by molar-refractivity contribution is 6.07. The van der Waals surface area contributed by atoms with Crippen LogP contribution in [0.2, 0.25) is 0 Å². The monoisotopic (exact) mass is 363 g/mol. The molecule has 3 amide bonds. The number of pyridine rings is 1. The van der Waals surface area contributed by atoms with Gasteiger partial charge in [0.1, 0.15) is 11.4 Å². The van der Waals surface area contributed by atoms with E-state index in [0.717, 1.165) is 16.5 Å². The summed E-state index contributed by atoms with van der Waals surface area (Å²) < 4.78 is 13.3. The zero-order valence-corrected chi connectivity index (χ0v) is 14.8. The Kier molecular flexibility index (Phi) is 4.11. The summed E-state index contributed by atoms with van der Waals surface area (Å²) >= 11 is 0. The number of halogens is 1. The lowest BCUT2D eigenvalue weighted by molar-refractivity contribution is -0.132. The van der Waals surface area contributed by atoms with Crippen LogP contribution in [0.4, 0.5) is 9.18 Å². The van der Waals surface area contributed by atoms with Crippen LogP contribution < -0.4 is 5.32 Å². The largest absolute Gasteiger partial charge is 0.325 e. The van der Waals surface area contributed by atoms with E-state index in [0.29, 0.717) is 12.0 Å². The molecule has 1 aliphatic rings. The average Bonchev–Trinajstić information content (AvgIpc) is 2.94. The summed E-state index contributed by atoms with van der Waals surface area (Å²) in [6, 6.07) is 14.7. The fourth-order valence-corrected chi connectivity index (χ4v) is 3.61. The molecule has 0 aliphatic carbocycles. The average molecular weight is 363 g/mol. The van der Waals surface area contributed by atoms with Crippen molar-refractivity contribution in [2.24, 2.45) is 0 Å². The van der Waals surface area contributed by atoms with Gasteiger partial charge in [-0.1, -0.05) is 43.3 Å². The third-order valence-corrected chi connectivity index (χ3v) is 5.09. The molecule has 1 atom stereocenters. The molecule has 5 nitrogen and oxygen atoms in total. The number of nitrogens with one attached hydrogen (secondary N) is 1. The predicted molar refractivity (Wildman–Crippen MR) is 99.2 cm³/mol. The summed E-state index contributed by atoms with van der Waals surface area (Å²) in [5, 5.41) is 3.76. The molecule has 0 saturated carbocycles. The molecular weight excluding hydrogens is 345 g/mol. The van der Waals surface area contributed by atoms with Crippen LogP contribution in [-0.4, -0.2) is 21.8 Å². The minimum absolute atomic E-state index is 0.127. The van der Waals surface area contributed by atoms with Crippen LogP contribution in [0.15, 0.2) is 60.8 Å². The number of aromatic nitrogens is 1. The number of nitrogens with zero attached hydrogens (tertiary/aromatic N) is 2. The number of carbonyl (C=O) groups excluding carboxylic acids is 2. The fourth-order valence-electron chi connectivity index (χ4n) is 3.61. The van der Waals surface area contributed by atoms with E-state index in [2.05, 4.69) is 10.3 Å². The Morgan fingerprint density at radius 3 is 2.56 bits per heavy atom. The molecule has 1 fully saturated rings. The summed E-state index contributed by atoms with van der Waals surface area (Å²) in [5.74, 6) is -0.727. The van der Waals surface area contributed by atoms with Crippen molar-refractivity contribution in [2.45, 2.75) is 25.4 Å². The SMILES string of the molecule is CC[C@@]1(c2ccc(F)cc2)NC(=O)N(Cc2cccc3cccnc23)C1=O. The van der Waals surface area contributed by atoms with Crippen LogP contribution in [0, 0.1) is 5.82 Å². The lowest BCUT2D eigenvalue weighted by Crippen LogP contribution is -2.43. The maximum Gasteiger partial charge on any atom is 0.325 e. The van der Waals surface area contributed by atoms with Crippen LogP contribution in [0.3, 0.4) is 0 Å².